The van der Waals surface area contributed by atoms with Crippen LogP contribution in [0.3, 0.4) is 0 Å². The number of nitrogens with one attached hydrogen (secondary N) is 1. The van der Waals surface area contributed by atoms with Crippen LogP contribution in [0.1, 0.15) is 12.5 Å². The number of rotatable bonds is 1. The fourth-order valence-electron chi connectivity index (χ4n) is 2.14. The van der Waals surface area contributed by atoms with Crippen molar-refractivity contribution in [3.8, 4) is 0 Å². The van der Waals surface area contributed by atoms with Gasteiger partial charge in [0.2, 0.25) is 0 Å². The third kappa shape index (κ3) is 1.37. The second-order valence-electron chi connectivity index (χ2n) is 4.23. The molecule has 0 radical (unpaired) electrons. The standard InChI is InChI=1S/C13H13N3O/c1-3-8-4-5-11-9(6-8)12-10(7-14-11)13(17)16(2)15-12/h4-7,15H,3H2,1-2H3. The Hall–Kier alpha value is -2.10. The van der Waals surface area contributed by atoms with Gasteiger partial charge in [0.25, 0.3) is 5.56 Å². The number of fused-ring (bicyclic) bond motifs is 3. The summed E-state index contributed by atoms with van der Waals surface area (Å²) in [5, 5.41) is 4.75. The molecule has 4 heteroatoms. The molecule has 2 aromatic heterocycles. The summed E-state index contributed by atoms with van der Waals surface area (Å²) < 4.78 is 1.49. The number of H-pyrrole nitrogens is 1. The van der Waals surface area contributed by atoms with Gasteiger partial charge in [-0.05, 0) is 24.1 Å². The Labute approximate surface area is 97.9 Å². The molecule has 0 bridgehead atoms. The molecule has 86 valence electrons. The summed E-state index contributed by atoms with van der Waals surface area (Å²) in [6.07, 6.45) is 2.62. The van der Waals surface area contributed by atoms with Crippen molar-refractivity contribution in [3.05, 3.63) is 40.3 Å². The van der Waals surface area contributed by atoms with E-state index in [1.165, 1.54) is 10.2 Å². The molecule has 0 unspecified atom stereocenters. The largest absolute Gasteiger partial charge is 0.294 e. The molecule has 0 saturated carbocycles. The van der Waals surface area contributed by atoms with Gasteiger partial charge in [0.05, 0.1) is 16.4 Å². The van der Waals surface area contributed by atoms with E-state index in [4.69, 9.17) is 0 Å². The fourth-order valence-corrected chi connectivity index (χ4v) is 2.14. The van der Waals surface area contributed by atoms with Crippen LogP contribution in [0.2, 0.25) is 0 Å². The van der Waals surface area contributed by atoms with Gasteiger partial charge in [0, 0.05) is 18.6 Å². The second kappa shape index (κ2) is 3.45. The third-order valence-corrected chi connectivity index (χ3v) is 3.16. The first-order valence-electron chi connectivity index (χ1n) is 5.67. The highest BCUT2D eigenvalue weighted by Gasteiger charge is 2.08. The number of pyridine rings is 1. The number of hydrogen-bond donors (Lipinski definition) is 1. The average Bonchev–Trinajstić information content (AvgIpc) is 2.65. The van der Waals surface area contributed by atoms with E-state index < -0.39 is 0 Å². The molecule has 0 saturated heterocycles. The Morgan fingerprint density at radius 1 is 1.35 bits per heavy atom. The molecule has 3 rings (SSSR count). The maximum absolute atomic E-state index is 11.8. The predicted molar refractivity (Wildman–Crippen MR) is 68.2 cm³/mol. The maximum atomic E-state index is 11.8. The lowest BCUT2D eigenvalue weighted by molar-refractivity contribution is 0.751. The van der Waals surface area contributed by atoms with Gasteiger partial charge in [-0.25, -0.2) is 0 Å². The number of nitrogens with zero attached hydrogens (tertiary/aromatic N) is 2. The molecule has 2 heterocycles. The number of hydrogen-bond acceptors (Lipinski definition) is 2. The topological polar surface area (TPSA) is 50.7 Å². The zero-order valence-corrected chi connectivity index (χ0v) is 9.82. The normalized spacial score (nSPS) is 11.4. The smallest absolute Gasteiger partial charge is 0.275 e. The summed E-state index contributed by atoms with van der Waals surface area (Å²) in [5.41, 5.74) is 3.00. The van der Waals surface area contributed by atoms with E-state index in [0.29, 0.717) is 5.39 Å². The molecule has 0 amide bonds. The lowest BCUT2D eigenvalue weighted by atomic mass is 10.1. The van der Waals surface area contributed by atoms with E-state index in [0.717, 1.165) is 22.8 Å². The molecule has 3 aromatic rings. The first kappa shape index (κ1) is 10.1. The van der Waals surface area contributed by atoms with Gasteiger partial charge < -0.3 is 0 Å². The summed E-state index contributed by atoms with van der Waals surface area (Å²) in [6.45, 7) is 2.11. The van der Waals surface area contributed by atoms with Crippen LogP contribution < -0.4 is 5.56 Å². The Kier molecular flexibility index (Phi) is 2.04. The van der Waals surface area contributed by atoms with Gasteiger partial charge in [0.1, 0.15) is 0 Å². The molecule has 0 aliphatic rings. The Morgan fingerprint density at radius 3 is 2.94 bits per heavy atom. The van der Waals surface area contributed by atoms with Crippen molar-refractivity contribution in [2.45, 2.75) is 13.3 Å². The molecule has 0 atom stereocenters. The molecule has 17 heavy (non-hydrogen) atoms. The molecular formula is C13H13N3O. The first-order valence-corrected chi connectivity index (χ1v) is 5.67. The van der Waals surface area contributed by atoms with Gasteiger partial charge in [0.15, 0.2) is 0 Å². The van der Waals surface area contributed by atoms with Crippen molar-refractivity contribution in [1.29, 1.82) is 0 Å². The van der Waals surface area contributed by atoms with Gasteiger partial charge in [-0.3, -0.25) is 19.6 Å². The van der Waals surface area contributed by atoms with Crippen LogP contribution in [-0.2, 0) is 13.5 Å². The second-order valence-corrected chi connectivity index (χ2v) is 4.23. The number of aromatic amines is 1. The van der Waals surface area contributed by atoms with Crippen molar-refractivity contribution in [2.24, 2.45) is 7.05 Å². The van der Waals surface area contributed by atoms with Crippen molar-refractivity contribution in [1.82, 2.24) is 14.8 Å². The van der Waals surface area contributed by atoms with Gasteiger partial charge in [-0.15, -0.1) is 0 Å². The number of benzene rings is 1. The summed E-state index contributed by atoms with van der Waals surface area (Å²) in [6, 6.07) is 6.17. The Balaban J connectivity index is 2.53. The lowest BCUT2D eigenvalue weighted by Crippen LogP contribution is -2.11. The Bertz CT molecular complexity index is 767. The van der Waals surface area contributed by atoms with E-state index in [-0.39, 0.29) is 5.56 Å². The van der Waals surface area contributed by atoms with Crippen LogP contribution in [0.15, 0.2) is 29.2 Å². The minimum atomic E-state index is -0.0312. The third-order valence-electron chi connectivity index (χ3n) is 3.16. The predicted octanol–water partition coefficient (Wildman–Crippen LogP) is 1.98. The fraction of sp³-hybridized carbons (Fsp3) is 0.231. The summed E-state index contributed by atoms with van der Waals surface area (Å²) in [5.74, 6) is 0. The zero-order valence-electron chi connectivity index (χ0n) is 9.82. The first-order chi connectivity index (χ1) is 8.20. The van der Waals surface area contributed by atoms with E-state index >= 15 is 0 Å². The molecule has 4 nitrogen and oxygen atoms in total. The lowest BCUT2D eigenvalue weighted by Gasteiger charge is -2.01. The highest BCUT2D eigenvalue weighted by atomic mass is 16.1. The minimum Gasteiger partial charge on any atom is -0.294 e. The summed E-state index contributed by atoms with van der Waals surface area (Å²) in [7, 11) is 1.72. The molecule has 0 spiro atoms. The van der Waals surface area contributed by atoms with E-state index in [9.17, 15) is 4.79 Å². The van der Waals surface area contributed by atoms with Crippen molar-refractivity contribution < 1.29 is 0 Å². The van der Waals surface area contributed by atoms with E-state index in [1.54, 1.807) is 13.2 Å². The zero-order chi connectivity index (χ0) is 12.0. The molecular weight excluding hydrogens is 214 g/mol. The van der Waals surface area contributed by atoms with Crippen molar-refractivity contribution in [2.75, 3.05) is 0 Å². The van der Waals surface area contributed by atoms with Crippen LogP contribution in [0.5, 0.6) is 0 Å². The van der Waals surface area contributed by atoms with Crippen LogP contribution in [-0.4, -0.2) is 14.8 Å². The maximum Gasteiger partial charge on any atom is 0.275 e. The van der Waals surface area contributed by atoms with Gasteiger partial charge >= 0.3 is 0 Å². The molecule has 0 fully saturated rings. The quantitative estimate of drug-likeness (QED) is 0.691. The highest BCUT2D eigenvalue weighted by Crippen LogP contribution is 2.21. The van der Waals surface area contributed by atoms with Crippen LogP contribution in [0.4, 0.5) is 0 Å². The van der Waals surface area contributed by atoms with Crippen LogP contribution in [0.25, 0.3) is 21.8 Å². The van der Waals surface area contributed by atoms with Crippen molar-refractivity contribution in [3.63, 3.8) is 0 Å². The van der Waals surface area contributed by atoms with Crippen LogP contribution in [0, 0.1) is 0 Å². The SMILES string of the molecule is CCc1ccc2ncc3c(=O)n(C)[nH]c3c2c1. The molecule has 1 aromatic carbocycles. The monoisotopic (exact) mass is 227 g/mol. The minimum absolute atomic E-state index is 0.0312. The molecule has 1 N–H and O–H groups in total. The molecule has 0 aliphatic heterocycles. The average molecular weight is 227 g/mol. The highest BCUT2D eigenvalue weighted by molar-refractivity contribution is 6.02. The van der Waals surface area contributed by atoms with Crippen molar-refractivity contribution >= 4 is 21.8 Å². The van der Waals surface area contributed by atoms with Gasteiger partial charge in [-0.1, -0.05) is 13.0 Å². The summed E-state index contributed by atoms with van der Waals surface area (Å²) in [4.78, 5) is 16.1. The van der Waals surface area contributed by atoms with Crippen LogP contribution >= 0.6 is 0 Å². The summed E-state index contributed by atoms with van der Waals surface area (Å²) >= 11 is 0. The molecule has 0 aliphatic carbocycles. The van der Waals surface area contributed by atoms with E-state index in [2.05, 4.69) is 29.1 Å². The number of aromatic nitrogens is 3. The van der Waals surface area contributed by atoms with E-state index in [1.807, 2.05) is 6.07 Å². The number of aryl methyl sites for hydroxylation is 2. The van der Waals surface area contributed by atoms with Gasteiger partial charge in [-0.2, -0.15) is 0 Å². The Morgan fingerprint density at radius 2 is 2.18 bits per heavy atom.